The molecule has 0 radical (unpaired) electrons. The van der Waals surface area contributed by atoms with Crippen molar-refractivity contribution in [1.29, 1.82) is 5.26 Å². The first kappa shape index (κ1) is 13.3. The summed E-state index contributed by atoms with van der Waals surface area (Å²) in [5.41, 5.74) is 2.77. The van der Waals surface area contributed by atoms with Crippen molar-refractivity contribution in [2.24, 2.45) is 0 Å². The molecule has 0 unspecified atom stereocenters. The Morgan fingerprint density at radius 2 is 2.29 bits per heavy atom. The van der Waals surface area contributed by atoms with Crippen LogP contribution in [-0.4, -0.2) is 26.8 Å². The fraction of sp³-hybridized carbons (Fsp3) is 0.357. The van der Waals surface area contributed by atoms with Crippen LogP contribution >= 0.6 is 0 Å². The Hall–Kier alpha value is -1.79. The molecule has 0 fully saturated rings. The first-order valence-electron chi connectivity index (χ1n) is 5.59. The zero-order valence-electron chi connectivity index (χ0n) is 10.4. The number of ether oxygens (including phenoxy) is 1. The van der Waals surface area contributed by atoms with Gasteiger partial charge in [0, 0.05) is 20.2 Å². The van der Waals surface area contributed by atoms with Crippen molar-refractivity contribution in [3.63, 3.8) is 0 Å². The highest BCUT2D eigenvalue weighted by Crippen LogP contribution is 2.24. The quantitative estimate of drug-likeness (QED) is 0.704. The normalized spacial score (nSPS) is 9.71. The number of nitrogens with zero attached hydrogens (tertiary/aromatic N) is 2. The Labute approximate surface area is 103 Å². The van der Waals surface area contributed by atoms with Crippen LogP contribution in [0.1, 0.15) is 11.1 Å². The number of benzene rings is 1. The summed E-state index contributed by atoms with van der Waals surface area (Å²) in [6.07, 6.45) is 1.84. The molecule has 0 aromatic heterocycles. The fourth-order valence-electron chi connectivity index (χ4n) is 1.82. The van der Waals surface area contributed by atoms with Gasteiger partial charge in [0.1, 0.15) is 6.07 Å². The molecule has 1 rings (SSSR count). The van der Waals surface area contributed by atoms with Crippen molar-refractivity contribution >= 4 is 5.69 Å². The second-order valence-corrected chi connectivity index (χ2v) is 3.81. The lowest BCUT2D eigenvalue weighted by molar-refractivity contribution is 0.205. The average Bonchev–Trinajstić information content (AvgIpc) is 2.34. The van der Waals surface area contributed by atoms with Gasteiger partial charge in [0.2, 0.25) is 0 Å². The largest absolute Gasteiger partial charge is 0.383 e. The lowest BCUT2D eigenvalue weighted by Crippen LogP contribution is -2.28. The maximum atomic E-state index is 9.15. The van der Waals surface area contributed by atoms with Gasteiger partial charge in [-0.25, -0.2) is 0 Å². The van der Waals surface area contributed by atoms with E-state index < -0.39 is 0 Å². The maximum Gasteiger partial charge on any atom is 0.101 e. The van der Waals surface area contributed by atoms with Crippen molar-refractivity contribution < 1.29 is 4.74 Å². The van der Waals surface area contributed by atoms with Crippen LogP contribution in [0.4, 0.5) is 5.69 Å². The van der Waals surface area contributed by atoms with E-state index in [-0.39, 0.29) is 0 Å². The van der Waals surface area contributed by atoms with Gasteiger partial charge in [-0.15, -0.1) is 6.58 Å². The molecule has 0 bridgehead atoms. The summed E-state index contributed by atoms with van der Waals surface area (Å²) in [7, 11) is 1.68. The summed E-state index contributed by atoms with van der Waals surface area (Å²) in [6, 6.07) is 7.99. The van der Waals surface area contributed by atoms with Crippen molar-refractivity contribution in [2.45, 2.75) is 6.92 Å². The molecule has 0 spiro atoms. The number of rotatable bonds is 6. The summed E-state index contributed by atoms with van der Waals surface area (Å²) in [4.78, 5) is 2.12. The zero-order valence-corrected chi connectivity index (χ0v) is 10.4. The van der Waals surface area contributed by atoms with Gasteiger partial charge in [-0.05, 0) is 18.6 Å². The highest BCUT2D eigenvalue weighted by molar-refractivity contribution is 5.64. The summed E-state index contributed by atoms with van der Waals surface area (Å²) < 4.78 is 5.09. The zero-order chi connectivity index (χ0) is 12.7. The van der Waals surface area contributed by atoms with Gasteiger partial charge in [0.05, 0.1) is 17.9 Å². The highest BCUT2D eigenvalue weighted by Gasteiger charge is 2.12. The topological polar surface area (TPSA) is 36.3 Å². The van der Waals surface area contributed by atoms with Crippen LogP contribution in [0.25, 0.3) is 0 Å². The van der Waals surface area contributed by atoms with Crippen LogP contribution in [0.3, 0.4) is 0 Å². The number of anilines is 1. The third-order valence-electron chi connectivity index (χ3n) is 2.59. The Bertz CT molecular complexity index is 421. The van der Waals surface area contributed by atoms with Gasteiger partial charge < -0.3 is 9.64 Å². The smallest absolute Gasteiger partial charge is 0.101 e. The van der Waals surface area contributed by atoms with E-state index in [9.17, 15) is 0 Å². The van der Waals surface area contributed by atoms with Crippen LogP contribution in [0.5, 0.6) is 0 Å². The summed E-state index contributed by atoms with van der Waals surface area (Å²) >= 11 is 0. The first-order chi connectivity index (χ1) is 8.24. The summed E-state index contributed by atoms with van der Waals surface area (Å²) in [5, 5.41) is 9.15. The molecular weight excluding hydrogens is 212 g/mol. The van der Waals surface area contributed by atoms with Gasteiger partial charge in [0.25, 0.3) is 0 Å². The van der Waals surface area contributed by atoms with Crippen molar-refractivity contribution in [1.82, 2.24) is 0 Å². The lowest BCUT2D eigenvalue weighted by atomic mass is 10.1. The van der Waals surface area contributed by atoms with Crippen LogP contribution in [0.2, 0.25) is 0 Å². The van der Waals surface area contributed by atoms with Crippen molar-refractivity contribution in [2.75, 3.05) is 31.7 Å². The minimum Gasteiger partial charge on any atom is -0.383 e. The molecule has 0 aliphatic heterocycles. The minimum absolute atomic E-state index is 0.632. The number of hydrogen-bond acceptors (Lipinski definition) is 3. The standard InChI is InChI=1S/C14H18N2O/c1-4-8-16(9-10-17-3)14-12(2)6-5-7-13(14)11-15/h4-7H,1,8-10H2,2-3H3. The lowest BCUT2D eigenvalue weighted by Gasteiger charge is -2.25. The van der Waals surface area contributed by atoms with Crippen LogP contribution < -0.4 is 4.90 Å². The first-order valence-corrected chi connectivity index (χ1v) is 5.59. The van der Waals surface area contributed by atoms with E-state index in [0.717, 1.165) is 17.8 Å². The van der Waals surface area contributed by atoms with Crippen LogP contribution in [-0.2, 0) is 4.74 Å². The summed E-state index contributed by atoms with van der Waals surface area (Å²) in [6.45, 7) is 7.86. The predicted molar refractivity (Wildman–Crippen MR) is 70.2 cm³/mol. The van der Waals surface area contributed by atoms with Crippen molar-refractivity contribution in [3.05, 3.63) is 42.0 Å². The molecular formula is C14H18N2O. The molecule has 90 valence electrons. The van der Waals surface area contributed by atoms with Gasteiger partial charge in [-0.1, -0.05) is 18.2 Å². The molecule has 0 atom stereocenters. The molecule has 0 aliphatic rings. The van der Waals surface area contributed by atoms with E-state index in [1.807, 2.05) is 31.2 Å². The molecule has 3 nitrogen and oxygen atoms in total. The van der Waals surface area contributed by atoms with Gasteiger partial charge in [-0.3, -0.25) is 0 Å². The van der Waals surface area contributed by atoms with Gasteiger partial charge >= 0.3 is 0 Å². The van der Waals surface area contributed by atoms with E-state index in [1.54, 1.807) is 7.11 Å². The van der Waals surface area contributed by atoms with E-state index in [1.165, 1.54) is 0 Å². The second-order valence-electron chi connectivity index (χ2n) is 3.81. The number of nitriles is 1. The number of methoxy groups -OCH3 is 1. The van der Waals surface area contributed by atoms with Gasteiger partial charge in [0.15, 0.2) is 0 Å². The second kappa shape index (κ2) is 6.72. The van der Waals surface area contributed by atoms with E-state index in [4.69, 9.17) is 10.00 Å². The molecule has 3 heteroatoms. The fourth-order valence-corrected chi connectivity index (χ4v) is 1.82. The number of para-hydroxylation sites is 1. The maximum absolute atomic E-state index is 9.15. The molecule has 1 aromatic rings. The molecule has 0 heterocycles. The molecule has 0 N–H and O–H groups in total. The molecule has 0 saturated carbocycles. The number of hydrogen-bond donors (Lipinski definition) is 0. The Morgan fingerprint density at radius 1 is 1.53 bits per heavy atom. The Kier molecular flexibility index (Phi) is 5.25. The third kappa shape index (κ3) is 3.33. The van der Waals surface area contributed by atoms with Crippen LogP contribution in [0.15, 0.2) is 30.9 Å². The van der Waals surface area contributed by atoms with E-state index in [0.29, 0.717) is 18.7 Å². The Balaban J connectivity index is 3.08. The monoisotopic (exact) mass is 230 g/mol. The summed E-state index contributed by atoms with van der Waals surface area (Å²) in [5.74, 6) is 0. The van der Waals surface area contributed by atoms with Gasteiger partial charge in [-0.2, -0.15) is 5.26 Å². The molecule has 0 amide bonds. The van der Waals surface area contributed by atoms with Crippen LogP contribution in [0, 0.1) is 18.3 Å². The highest BCUT2D eigenvalue weighted by atomic mass is 16.5. The number of aryl methyl sites for hydroxylation is 1. The molecule has 1 aromatic carbocycles. The molecule has 0 saturated heterocycles. The third-order valence-corrected chi connectivity index (χ3v) is 2.59. The van der Waals surface area contributed by atoms with E-state index >= 15 is 0 Å². The van der Waals surface area contributed by atoms with E-state index in [2.05, 4.69) is 17.5 Å². The average molecular weight is 230 g/mol. The van der Waals surface area contributed by atoms with Crippen molar-refractivity contribution in [3.8, 4) is 6.07 Å². The minimum atomic E-state index is 0.632. The Morgan fingerprint density at radius 3 is 2.88 bits per heavy atom. The molecule has 0 aliphatic carbocycles. The molecule has 17 heavy (non-hydrogen) atoms. The predicted octanol–water partition coefficient (Wildman–Crippen LogP) is 2.51. The SMILES string of the molecule is C=CCN(CCOC)c1c(C)cccc1C#N.